The summed E-state index contributed by atoms with van der Waals surface area (Å²) in [5.41, 5.74) is 7.39. The molecule has 0 aliphatic carbocycles. The quantitative estimate of drug-likeness (QED) is 0.264. The van der Waals surface area contributed by atoms with Gasteiger partial charge in [-0.05, 0) is 46.5 Å². The fourth-order valence-electron chi connectivity index (χ4n) is 4.98. The molecule has 2 aromatic heterocycles. The van der Waals surface area contributed by atoms with Crippen LogP contribution < -0.4 is 0 Å². The van der Waals surface area contributed by atoms with Crippen LogP contribution in [-0.4, -0.2) is 9.97 Å². The average Bonchev–Trinajstić information content (AvgIpc) is 3.21. The van der Waals surface area contributed by atoms with Gasteiger partial charge in [-0.15, -0.1) is 0 Å². The van der Waals surface area contributed by atoms with E-state index in [1.54, 1.807) is 6.33 Å². The Morgan fingerprint density at radius 2 is 1.55 bits per heavy atom. The Morgan fingerprint density at radius 3 is 2.36 bits per heavy atom. The van der Waals surface area contributed by atoms with Gasteiger partial charge >= 0.3 is 0 Å². The lowest BCUT2D eigenvalue weighted by Gasteiger charge is -2.17. The lowest BCUT2D eigenvalue weighted by Crippen LogP contribution is -1.98. The Labute approximate surface area is 193 Å². The van der Waals surface area contributed by atoms with E-state index >= 15 is 0 Å². The van der Waals surface area contributed by atoms with E-state index in [4.69, 9.17) is 14.4 Å². The fraction of sp³-hybridized carbons (Fsp3) is 0.200. The standard InChI is InChI=1S/C30H26N2O/c1-17(2)20-14-19-12-13-23-28(31-16-32-29(23)27(19)25(15-20)18(3)4)24-10-7-9-22-21-8-5-6-11-26(21)33-30(22)24/h5-18H,1-4H3. The molecule has 33 heavy (non-hydrogen) atoms. The normalized spacial score (nSPS) is 12.2. The third kappa shape index (κ3) is 3.03. The number of rotatable bonds is 3. The monoisotopic (exact) mass is 430 g/mol. The molecule has 6 aromatic rings. The first kappa shape index (κ1) is 19.9. The Bertz CT molecular complexity index is 1670. The van der Waals surface area contributed by atoms with Crippen molar-refractivity contribution in [2.24, 2.45) is 0 Å². The number of hydrogen-bond acceptors (Lipinski definition) is 3. The second kappa shape index (κ2) is 7.41. The molecule has 2 heterocycles. The zero-order chi connectivity index (χ0) is 22.7. The summed E-state index contributed by atoms with van der Waals surface area (Å²) in [7, 11) is 0. The molecular formula is C30H26N2O. The topological polar surface area (TPSA) is 38.9 Å². The largest absolute Gasteiger partial charge is 0.455 e. The van der Waals surface area contributed by atoms with Crippen LogP contribution in [0.2, 0.25) is 0 Å². The number of benzene rings is 4. The lowest BCUT2D eigenvalue weighted by molar-refractivity contribution is 0.670. The van der Waals surface area contributed by atoms with Crippen LogP contribution in [0.3, 0.4) is 0 Å². The second-order valence-corrected chi connectivity index (χ2v) is 9.48. The van der Waals surface area contributed by atoms with Gasteiger partial charge < -0.3 is 4.42 Å². The van der Waals surface area contributed by atoms with E-state index in [0.717, 1.165) is 44.1 Å². The van der Waals surface area contributed by atoms with Gasteiger partial charge in [0.05, 0.1) is 11.2 Å². The van der Waals surface area contributed by atoms with Crippen LogP contribution in [0, 0.1) is 0 Å². The van der Waals surface area contributed by atoms with Gasteiger partial charge in [-0.25, -0.2) is 9.97 Å². The summed E-state index contributed by atoms with van der Waals surface area (Å²) in [6.07, 6.45) is 1.69. The maximum absolute atomic E-state index is 6.32. The van der Waals surface area contributed by atoms with Crippen LogP contribution in [0.25, 0.3) is 54.9 Å². The molecule has 0 unspecified atom stereocenters. The summed E-state index contributed by atoms with van der Waals surface area (Å²) in [5.74, 6) is 0.878. The Kier molecular flexibility index (Phi) is 4.48. The summed E-state index contributed by atoms with van der Waals surface area (Å²) in [6, 6.07) is 23.6. The predicted octanol–water partition coefficient (Wildman–Crippen LogP) is 8.60. The highest BCUT2D eigenvalue weighted by Crippen LogP contribution is 2.40. The first-order chi connectivity index (χ1) is 16.0. The fourth-order valence-corrected chi connectivity index (χ4v) is 4.98. The van der Waals surface area contributed by atoms with Crippen molar-refractivity contribution >= 4 is 43.6 Å². The van der Waals surface area contributed by atoms with Gasteiger partial charge in [0, 0.05) is 27.1 Å². The second-order valence-electron chi connectivity index (χ2n) is 9.48. The molecule has 0 spiro atoms. The predicted molar refractivity (Wildman–Crippen MR) is 138 cm³/mol. The number of hydrogen-bond donors (Lipinski definition) is 0. The van der Waals surface area contributed by atoms with Gasteiger partial charge in [-0.3, -0.25) is 0 Å². The van der Waals surface area contributed by atoms with Gasteiger partial charge in [-0.1, -0.05) is 76.2 Å². The summed E-state index contributed by atoms with van der Waals surface area (Å²) in [4.78, 5) is 9.55. The van der Waals surface area contributed by atoms with Crippen molar-refractivity contribution in [3.63, 3.8) is 0 Å². The van der Waals surface area contributed by atoms with Crippen molar-refractivity contribution in [2.45, 2.75) is 39.5 Å². The summed E-state index contributed by atoms with van der Waals surface area (Å²) < 4.78 is 6.32. The van der Waals surface area contributed by atoms with Gasteiger partial charge in [-0.2, -0.15) is 0 Å². The summed E-state index contributed by atoms with van der Waals surface area (Å²) >= 11 is 0. The minimum absolute atomic E-state index is 0.397. The van der Waals surface area contributed by atoms with Crippen molar-refractivity contribution in [1.82, 2.24) is 9.97 Å². The number of nitrogens with zero attached hydrogens (tertiary/aromatic N) is 2. The first-order valence-electron chi connectivity index (χ1n) is 11.6. The average molecular weight is 431 g/mol. The summed E-state index contributed by atoms with van der Waals surface area (Å²) in [5, 5.41) is 5.76. The first-order valence-corrected chi connectivity index (χ1v) is 11.6. The van der Waals surface area contributed by atoms with Crippen LogP contribution >= 0.6 is 0 Å². The highest BCUT2D eigenvalue weighted by Gasteiger charge is 2.18. The van der Waals surface area contributed by atoms with Gasteiger partial charge in [0.2, 0.25) is 0 Å². The number of para-hydroxylation sites is 2. The van der Waals surface area contributed by atoms with Crippen LogP contribution in [0.1, 0.15) is 50.7 Å². The molecule has 3 nitrogen and oxygen atoms in total. The van der Waals surface area contributed by atoms with Gasteiger partial charge in [0.25, 0.3) is 0 Å². The molecule has 0 fully saturated rings. The minimum atomic E-state index is 0.397. The Balaban J connectivity index is 1.70. The van der Waals surface area contributed by atoms with Crippen molar-refractivity contribution in [3.05, 3.63) is 84.2 Å². The molecule has 162 valence electrons. The molecule has 4 aromatic carbocycles. The van der Waals surface area contributed by atoms with E-state index in [2.05, 4.69) is 82.3 Å². The molecule has 3 heteroatoms. The SMILES string of the molecule is CC(C)c1cc(C(C)C)c2c(ccc3c(-c4cccc5c4oc4ccccc45)ncnc32)c1. The Hall–Kier alpha value is -3.72. The lowest BCUT2D eigenvalue weighted by atomic mass is 9.88. The molecule has 0 aliphatic heterocycles. The number of furan rings is 1. The van der Waals surface area contributed by atoms with Crippen LogP contribution in [-0.2, 0) is 0 Å². The molecule has 0 N–H and O–H groups in total. The third-order valence-electron chi connectivity index (χ3n) is 6.72. The minimum Gasteiger partial charge on any atom is -0.455 e. The van der Waals surface area contributed by atoms with E-state index in [0.29, 0.717) is 11.8 Å². The zero-order valence-electron chi connectivity index (χ0n) is 19.4. The van der Waals surface area contributed by atoms with Crippen LogP contribution in [0.5, 0.6) is 0 Å². The Morgan fingerprint density at radius 1 is 0.727 bits per heavy atom. The van der Waals surface area contributed by atoms with Crippen molar-refractivity contribution < 1.29 is 4.42 Å². The molecule has 0 bridgehead atoms. The highest BCUT2D eigenvalue weighted by molar-refractivity contribution is 6.15. The maximum Gasteiger partial charge on any atom is 0.144 e. The van der Waals surface area contributed by atoms with Crippen molar-refractivity contribution in [3.8, 4) is 11.3 Å². The molecular weight excluding hydrogens is 404 g/mol. The summed E-state index contributed by atoms with van der Waals surface area (Å²) in [6.45, 7) is 9.02. The van der Waals surface area contributed by atoms with E-state index in [-0.39, 0.29) is 0 Å². The highest BCUT2D eigenvalue weighted by atomic mass is 16.3. The van der Waals surface area contributed by atoms with E-state index in [1.165, 1.54) is 21.9 Å². The third-order valence-corrected chi connectivity index (χ3v) is 6.72. The van der Waals surface area contributed by atoms with Crippen LogP contribution in [0.4, 0.5) is 0 Å². The molecule has 0 radical (unpaired) electrons. The maximum atomic E-state index is 6.32. The molecule has 0 amide bonds. The molecule has 0 atom stereocenters. The number of aromatic nitrogens is 2. The van der Waals surface area contributed by atoms with E-state index in [1.807, 2.05) is 12.1 Å². The van der Waals surface area contributed by atoms with Gasteiger partial charge in [0.15, 0.2) is 0 Å². The van der Waals surface area contributed by atoms with E-state index in [9.17, 15) is 0 Å². The molecule has 0 aliphatic rings. The van der Waals surface area contributed by atoms with Crippen molar-refractivity contribution in [1.29, 1.82) is 0 Å². The van der Waals surface area contributed by atoms with E-state index < -0.39 is 0 Å². The number of fused-ring (bicyclic) bond motifs is 6. The van der Waals surface area contributed by atoms with Crippen molar-refractivity contribution in [2.75, 3.05) is 0 Å². The zero-order valence-corrected chi connectivity index (χ0v) is 19.4. The van der Waals surface area contributed by atoms with Crippen LogP contribution in [0.15, 0.2) is 77.5 Å². The molecule has 6 rings (SSSR count). The molecule has 0 saturated heterocycles. The molecule has 0 saturated carbocycles. The smallest absolute Gasteiger partial charge is 0.144 e. The van der Waals surface area contributed by atoms with Gasteiger partial charge in [0.1, 0.15) is 17.5 Å².